The summed E-state index contributed by atoms with van der Waals surface area (Å²) in [4.78, 5) is 22.7. The predicted molar refractivity (Wildman–Crippen MR) is 98.0 cm³/mol. The maximum atomic E-state index is 12.3. The molecule has 0 fully saturated rings. The Morgan fingerprint density at radius 3 is 2.79 bits per heavy atom. The summed E-state index contributed by atoms with van der Waals surface area (Å²) in [5.41, 5.74) is 0.0635. The fourth-order valence-corrected chi connectivity index (χ4v) is 4.76. The summed E-state index contributed by atoms with van der Waals surface area (Å²) in [5, 5.41) is 21.3. The maximum absolute atomic E-state index is 12.3. The molecule has 0 saturated carbocycles. The van der Waals surface area contributed by atoms with E-state index in [1.807, 2.05) is 0 Å². The van der Waals surface area contributed by atoms with Gasteiger partial charge in [0, 0.05) is 11.8 Å². The summed E-state index contributed by atoms with van der Waals surface area (Å²) < 4.78 is 1.59. The molecule has 0 radical (unpaired) electrons. The standard InChI is InChI=1S/C14H16N4O3S3/c1-3-8-22-13-16-17-14(24-13)23-9(2)12(19)15-10-6-4-5-7-11(10)18(20)21/h4-7,9H,3,8H2,1-2H3,(H,15,19)/t9-/m0/s1. The number of benzene rings is 1. The number of carbonyl (C=O) groups excluding carboxylic acids is 1. The Hall–Kier alpha value is -1.65. The molecule has 24 heavy (non-hydrogen) atoms. The molecule has 0 aliphatic heterocycles. The van der Waals surface area contributed by atoms with Gasteiger partial charge >= 0.3 is 0 Å². The van der Waals surface area contributed by atoms with Crippen LogP contribution in [-0.2, 0) is 4.79 Å². The van der Waals surface area contributed by atoms with Crippen molar-refractivity contribution < 1.29 is 9.72 Å². The minimum Gasteiger partial charge on any atom is -0.319 e. The van der Waals surface area contributed by atoms with Gasteiger partial charge in [-0.2, -0.15) is 0 Å². The SMILES string of the molecule is CCCSc1nnc(S[C@@H](C)C(=O)Nc2ccccc2[N+](=O)[O-])s1. The van der Waals surface area contributed by atoms with Gasteiger partial charge in [-0.25, -0.2) is 0 Å². The van der Waals surface area contributed by atoms with Crippen LogP contribution in [0.5, 0.6) is 0 Å². The normalized spacial score (nSPS) is 11.9. The highest BCUT2D eigenvalue weighted by molar-refractivity contribution is 8.03. The fraction of sp³-hybridized carbons (Fsp3) is 0.357. The van der Waals surface area contributed by atoms with Crippen LogP contribution in [0, 0.1) is 10.1 Å². The van der Waals surface area contributed by atoms with E-state index < -0.39 is 10.2 Å². The van der Waals surface area contributed by atoms with E-state index in [1.54, 1.807) is 30.8 Å². The molecule has 2 aromatic rings. The second-order valence-corrected chi connectivity index (χ2v) is 8.61. The zero-order valence-electron chi connectivity index (χ0n) is 13.1. The molecule has 10 heteroatoms. The number of anilines is 1. The van der Waals surface area contributed by atoms with Crippen LogP contribution in [0.4, 0.5) is 11.4 Å². The Morgan fingerprint density at radius 2 is 2.08 bits per heavy atom. The van der Waals surface area contributed by atoms with Crippen LogP contribution in [0.2, 0.25) is 0 Å². The van der Waals surface area contributed by atoms with E-state index >= 15 is 0 Å². The third-order valence-electron chi connectivity index (χ3n) is 2.82. The van der Waals surface area contributed by atoms with Crippen LogP contribution < -0.4 is 5.32 Å². The van der Waals surface area contributed by atoms with Gasteiger partial charge in [0.05, 0.1) is 10.2 Å². The Labute approximate surface area is 151 Å². The molecule has 0 aliphatic carbocycles. The number of carbonyl (C=O) groups is 1. The number of nitrogens with one attached hydrogen (secondary N) is 1. The van der Waals surface area contributed by atoms with Crippen LogP contribution in [0.1, 0.15) is 20.3 Å². The first-order chi connectivity index (χ1) is 11.5. The molecule has 0 spiro atoms. The molecule has 1 aromatic heterocycles. The number of hydrogen-bond donors (Lipinski definition) is 1. The van der Waals surface area contributed by atoms with Crippen molar-refractivity contribution in [2.45, 2.75) is 34.2 Å². The lowest BCUT2D eigenvalue weighted by atomic mass is 10.2. The predicted octanol–water partition coefficient (Wildman–Crippen LogP) is 4.07. The van der Waals surface area contributed by atoms with Crippen LogP contribution in [0.3, 0.4) is 0 Å². The van der Waals surface area contributed by atoms with Gasteiger partial charge in [0.2, 0.25) is 5.91 Å². The number of nitro groups is 1. The first-order valence-electron chi connectivity index (χ1n) is 7.18. The lowest BCUT2D eigenvalue weighted by Gasteiger charge is -2.10. The topological polar surface area (TPSA) is 98.0 Å². The van der Waals surface area contributed by atoms with Crippen molar-refractivity contribution in [1.29, 1.82) is 0 Å². The zero-order valence-corrected chi connectivity index (χ0v) is 15.5. The summed E-state index contributed by atoms with van der Waals surface area (Å²) >= 11 is 4.38. The third-order valence-corrected chi connectivity index (χ3v) is 6.27. The van der Waals surface area contributed by atoms with Crippen molar-refractivity contribution >= 4 is 52.1 Å². The molecule has 128 valence electrons. The largest absolute Gasteiger partial charge is 0.319 e. The van der Waals surface area contributed by atoms with E-state index in [2.05, 4.69) is 22.4 Å². The van der Waals surface area contributed by atoms with Crippen molar-refractivity contribution in [3.8, 4) is 0 Å². The van der Waals surface area contributed by atoms with Gasteiger partial charge in [-0.3, -0.25) is 14.9 Å². The minimum absolute atomic E-state index is 0.128. The first-order valence-corrected chi connectivity index (χ1v) is 9.86. The lowest BCUT2D eigenvalue weighted by Crippen LogP contribution is -2.22. The van der Waals surface area contributed by atoms with Crippen LogP contribution >= 0.6 is 34.9 Å². The minimum atomic E-state index is -0.518. The van der Waals surface area contributed by atoms with Crippen LogP contribution in [-0.4, -0.2) is 32.0 Å². The van der Waals surface area contributed by atoms with Gasteiger partial charge in [0.1, 0.15) is 5.69 Å². The van der Waals surface area contributed by atoms with E-state index in [0.29, 0.717) is 4.34 Å². The number of para-hydroxylation sites is 2. The van der Waals surface area contributed by atoms with Crippen molar-refractivity contribution in [3.05, 3.63) is 34.4 Å². The number of rotatable bonds is 8. The smallest absolute Gasteiger partial charge is 0.292 e. The monoisotopic (exact) mass is 384 g/mol. The van der Waals surface area contributed by atoms with Crippen molar-refractivity contribution in [1.82, 2.24) is 10.2 Å². The molecule has 2 rings (SSSR count). The molecule has 1 amide bonds. The molecule has 0 saturated heterocycles. The molecule has 7 nitrogen and oxygen atoms in total. The molecule has 1 heterocycles. The number of thioether (sulfide) groups is 2. The van der Waals surface area contributed by atoms with Gasteiger partial charge in [-0.05, 0) is 19.4 Å². The van der Waals surface area contributed by atoms with E-state index in [-0.39, 0.29) is 17.3 Å². The summed E-state index contributed by atoms with van der Waals surface area (Å²) in [5.74, 6) is 0.666. The van der Waals surface area contributed by atoms with E-state index in [4.69, 9.17) is 0 Å². The highest BCUT2D eigenvalue weighted by atomic mass is 32.2. The Bertz CT molecular complexity index is 723. The van der Waals surface area contributed by atoms with Gasteiger partial charge in [0.25, 0.3) is 5.69 Å². The van der Waals surface area contributed by atoms with Gasteiger partial charge < -0.3 is 5.32 Å². The summed E-state index contributed by atoms with van der Waals surface area (Å²) in [7, 11) is 0. The first kappa shape index (κ1) is 18.7. The van der Waals surface area contributed by atoms with E-state index in [9.17, 15) is 14.9 Å². The van der Waals surface area contributed by atoms with Gasteiger partial charge in [-0.1, -0.05) is 53.9 Å². The Morgan fingerprint density at radius 1 is 1.38 bits per heavy atom. The van der Waals surface area contributed by atoms with E-state index in [1.165, 1.54) is 35.2 Å². The van der Waals surface area contributed by atoms with Crippen molar-refractivity contribution in [2.75, 3.05) is 11.1 Å². The summed E-state index contributed by atoms with van der Waals surface area (Å²) in [6, 6.07) is 6.07. The fourth-order valence-electron chi connectivity index (χ4n) is 1.67. The average Bonchev–Trinajstić information content (AvgIpc) is 3.00. The van der Waals surface area contributed by atoms with E-state index in [0.717, 1.165) is 16.5 Å². The molecule has 1 aromatic carbocycles. The quantitative estimate of drug-likeness (QED) is 0.416. The molecule has 0 bridgehead atoms. The molecular formula is C14H16N4O3S3. The average molecular weight is 385 g/mol. The molecule has 1 N–H and O–H groups in total. The van der Waals surface area contributed by atoms with Crippen LogP contribution in [0.15, 0.2) is 32.9 Å². The lowest BCUT2D eigenvalue weighted by molar-refractivity contribution is -0.383. The van der Waals surface area contributed by atoms with Crippen molar-refractivity contribution in [2.24, 2.45) is 0 Å². The van der Waals surface area contributed by atoms with Crippen LogP contribution in [0.25, 0.3) is 0 Å². The number of hydrogen-bond acceptors (Lipinski definition) is 8. The molecule has 0 unspecified atom stereocenters. The highest BCUT2D eigenvalue weighted by Crippen LogP contribution is 2.32. The highest BCUT2D eigenvalue weighted by Gasteiger charge is 2.21. The molecule has 1 atom stereocenters. The second-order valence-electron chi connectivity index (χ2n) is 4.71. The summed E-state index contributed by atoms with van der Waals surface area (Å²) in [6.07, 6.45) is 1.06. The molecule has 0 aliphatic rings. The third kappa shape index (κ3) is 5.18. The van der Waals surface area contributed by atoms with Crippen molar-refractivity contribution in [3.63, 3.8) is 0 Å². The number of amides is 1. The maximum Gasteiger partial charge on any atom is 0.292 e. The Balaban J connectivity index is 1.97. The summed E-state index contributed by atoms with van der Waals surface area (Å²) in [6.45, 7) is 3.83. The number of aromatic nitrogens is 2. The van der Waals surface area contributed by atoms with Gasteiger partial charge in [-0.15, -0.1) is 10.2 Å². The number of nitro benzene ring substituents is 1. The zero-order chi connectivity index (χ0) is 17.5. The van der Waals surface area contributed by atoms with Gasteiger partial charge in [0.15, 0.2) is 8.68 Å². The second kappa shape index (κ2) is 9.00. The molecular weight excluding hydrogens is 368 g/mol. The number of nitrogens with zero attached hydrogens (tertiary/aromatic N) is 3. The Kier molecular flexibility index (Phi) is 7.00.